The zero-order chi connectivity index (χ0) is 20.1. The summed E-state index contributed by atoms with van der Waals surface area (Å²) in [5, 5.41) is 2.60. The van der Waals surface area contributed by atoms with E-state index in [0.29, 0.717) is 0 Å². The van der Waals surface area contributed by atoms with Crippen molar-refractivity contribution in [1.29, 1.82) is 0 Å². The molecule has 0 fully saturated rings. The Morgan fingerprint density at radius 1 is 0.929 bits per heavy atom. The maximum Gasteiger partial charge on any atom is 0.255 e. The first kappa shape index (κ1) is 19.7. The van der Waals surface area contributed by atoms with E-state index in [0.717, 1.165) is 5.56 Å². The number of carbonyl (C=O) groups is 1. The number of rotatable bonds is 6. The lowest BCUT2D eigenvalue weighted by Gasteiger charge is -2.19. The number of hydrogen-bond acceptors (Lipinski definition) is 3. The molecule has 0 aliphatic rings. The van der Waals surface area contributed by atoms with Crippen molar-refractivity contribution in [3.63, 3.8) is 0 Å². The summed E-state index contributed by atoms with van der Waals surface area (Å²) in [5.74, 6) is -0.976. The summed E-state index contributed by atoms with van der Waals surface area (Å²) in [4.78, 5) is 12.4. The molecule has 1 amide bonds. The number of nitrogens with one attached hydrogen (secondary N) is 1. The number of benzene rings is 3. The Morgan fingerprint density at radius 2 is 1.54 bits per heavy atom. The second kappa shape index (κ2) is 8.33. The molecule has 0 spiro atoms. The third-order valence-electron chi connectivity index (χ3n) is 4.18. The smallest absolute Gasteiger partial charge is 0.255 e. The summed E-state index contributed by atoms with van der Waals surface area (Å²) >= 11 is 0. The van der Waals surface area contributed by atoms with Crippen LogP contribution in [0.4, 0.5) is 10.1 Å². The van der Waals surface area contributed by atoms with Crippen molar-refractivity contribution in [3.05, 3.63) is 95.8 Å². The molecule has 0 saturated carbocycles. The predicted octanol–water partition coefficient (Wildman–Crippen LogP) is 3.90. The van der Waals surface area contributed by atoms with E-state index in [1.165, 1.54) is 47.8 Å². The van der Waals surface area contributed by atoms with Crippen LogP contribution in [-0.4, -0.2) is 25.7 Å². The molecule has 0 heterocycles. The molecule has 0 saturated heterocycles. The fourth-order valence-corrected chi connectivity index (χ4v) is 3.99. The van der Waals surface area contributed by atoms with Gasteiger partial charge in [0.1, 0.15) is 10.7 Å². The van der Waals surface area contributed by atoms with Gasteiger partial charge in [-0.15, -0.1) is 0 Å². The molecule has 0 atom stereocenters. The van der Waals surface area contributed by atoms with Crippen LogP contribution in [0.3, 0.4) is 0 Å². The van der Waals surface area contributed by atoms with Gasteiger partial charge in [0.25, 0.3) is 5.91 Å². The van der Waals surface area contributed by atoms with Gasteiger partial charge in [-0.05, 0) is 42.0 Å². The molecule has 7 heteroatoms. The summed E-state index contributed by atoms with van der Waals surface area (Å²) in [5.41, 5.74) is 1.24. The van der Waals surface area contributed by atoms with Crippen LogP contribution < -0.4 is 5.32 Å². The minimum atomic E-state index is -3.84. The Bertz CT molecular complexity index is 1070. The molecule has 0 unspecified atom stereocenters. The van der Waals surface area contributed by atoms with Crippen molar-refractivity contribution in [1.82, 2.24) is 4.31 Å². The quantitative estimate of drug-likeness (QED) is 0.685. The molecule has 0 radical (unpaired) electrons. The SMILES string of the molecule is CN(Cc1ccccc1)S(=O)(=O)c1ccccc1NC(=O)c1ccc(F)cc1. The zero-order valence-electron chi connectivity index (χ0n) is 15.2. The van der Waals surface area contributed by atoms with Gasteiger partial charge in [0.15, 0.2) is 0 Å². The lowest BCUT2D eigenvalue weighted by Crippen LogP contribution is -2.27. The summed E-state index contributed by atoms with van der Waals surface area (Å²) in [6, 6.07) is 20.4. The van der Waals surface area contributed by atoms with Gasteiger partial charge < -0.3 is 5.32 Å². The number of para-hydroxylation sites is 1. The van der Waals surface area contributed by atoms with E-state index in [2.05, 4.69) is 5.32 Å². The third kappa shape index (κ3) is 4.44. The summed E-state index contributed by atoms with van der Waals surface area (Å²) in [6.07, 6.45) is 0. The number of sulfonamides is 1. The van der Waals surface area contributed by atoms with Gasteiger partial charge in [-0.25, -0.2) is 12.8 Å². The van der Waals surface area contributed by atoms with Gasteiger partial charge in [0, 0.05) is 19.2 Å². The number of amides is 1. The molecule has 0 aromatic heterocycles. The lowest BCUT2D eigenvalue weighted by atomic mass is 10.2. The molecule has 0 aliphatic heterocycles. The first-order chi connectivity index (χ1) is 13.4. The van der Waals surface area contributed by atoms with E-state index in [-0.39, 0.29) is 22.7 Å². The molecule has 3 aromatic carbocycles. The van der Waals surface area contributed by atoms with Gasteiger partial charge in [-0.1, -0.05) is 42.5 Å². The van der Waals surface area contributed by atoms with Gasteiger partial charge in [-0.3, -0.25) is 4.79 Å². The fourth-order valence-electron chi connectivity index (χ4n) is 2.68. The van der Waals surface area contributed by atoms with Gasteiger partial charge in [0.2, 0.25) is 10.0 Å². The Labute approximate surface area is 163 Å². The normalized spacial score (nSPS) is 11.4. The van der Waals surface area contributed by atoms with Crippen LogP contribution in [0.2, 0.25) is 0 Å². The highest BCUT2D eigenvalue weighted by molar-refractivity contribution is 7.89. The molecule has 0 bridgehead atoms. The van der Waals surface area contributed by atoms with E-state index in [9.17, 15) is 17.6 Å². The molecule has 0 aliphatic carbocycles. The summed E-state index contributed by atoms with van der Waals surface area (Å²) < 4.78 is 40.4. The Balaban J connectivity index is 1.86. The highest BCUT2D eigenvalue weighted by Gasteiger charge is 2.24. The molecule has 3 rings (SSSR count). The Kier molecular flexibility index (Phi) is 5.87. The van der Waals surface area contributed by atoms with E-state index >= 15 is 0 Å². The molecule has 1 N–H and O–H groups in total. The van der Waals surface area contributed by atoms with E-state index in [1.54, 1.807) is 12.1 Å². The first-order valence-electron chi connectivity index (χ1n) is 8.54. The Morgan fingerprint density at radius 3 is 2.21 bits per heavy atom. The van der Waals surface area contributed by atoms with Crippen LogP contribution in [0.1, 0.15) is 15.9 Å². The maximum atomic E-state index is 13.0. The van der Waals surface area contributed by atoms with Crippen molar-refractivity contribution in [3.8, 4) is 0 Å². The van der Waals surface area contributed by atoms with Crippen molar-refractivity contribution in [2.24, 2.45) is 0 Å². The van der Waals surface area contributed by atoms with E-state index < -0.39 is 21.7 Å². The first-order valence-corrected chi connectivity index (χ1v) is 9.98. The number of halogens is 1. The van der Waals surface area contributed by atoms with Crippen LogP contribution >= 0.6 is 0 Å². The highest BCUT2D eigenvalue weighted by atomic mass is 32.2. The van der Waals surface area contributed by atoms with Crippen LogP contribution in [0.15, 0.2) is 83.8 Å². The van der Waals surface area contributed by atoms with Crippen molar-refractivity contribution >= 4 is 21.6 Å². The number of hydrogen-bond donors (Lipinski definition) is 1. The largest absolute Gasteiger partial charge is 0.321 e. The Hall–Kier alpha value is -3.03. The van der Waals surface area contributed by atoms with Crippen molar-refractivity contribution in [2.45, 2.75) is 11.4 Å². The van der Waals surface area contributed by atoms with Crippen LogP contribution in [0.5, 0.6) is 0 Å². The fraction of sp³-hybridized carbons (Fsp3) is 0.0952. The van der Waals surface area contributed by atoms with E-state index in [1.807, 2.05) is 30.3 Å². The summed E-state index contributed by atoms with van der Waals surface area (Å²) in [7, 11) is -2.36. The van der Waals surface area contributed by atoms with E-state index in [4.69, 9.17) is 0 Å². The van der Waals surface area contributed by atoms with Crippen LogP contribution in [0.25, 0.3) is 0 Å². The molecule has 5 nitrogen and oxygen atoms in total. The minimum Gasteiger partial charge on any atom is -0.321 e. The molecule has 144 valence electrons. The monoisotopic (exact) mass is 398 g/mol. The number of anilines is 1. The van der Waals surface area contributed by atoms with Crippen molar-refractivity contribution in [2.75, 3.05) is 12.4 Å². The number of carbonyl (C=O) groups excluding carboxylic acids is 1. The van der Waals surface area contributed by atoms with Crippen molar-refractivity contribution < 1.29 is 17.6 Å². The van der Waals surface area contributed by atoms with Gasteiger partial charge in [-0.2, -0.15) is 4.31 Å². The second-order valence-corrected chi connectivity index (χ2v) is 8.22. The lowest BCUT2D eigenvalue weighted by molar-refractivity contribution is 0.102. The third-order valence-corrected chi connectivity index (χ3v) is 6.04. The maximum absolute atomic E-state index is 13.0. The molecule has 28 heavy (non-hydrogen) atoms. The summed E-state index contributed by atoms with van der Waals surface area (Å²) in [6.45, 7) is 0.198. The molecular formula is C21H19FN2O3S. The minimum absolute atomic E-state index is 0.0103. The standard InChI is InChI=1S/C21H19FN2O3S/c1-24(15-16-7-3-2-4-8-16)28(26,27)20-10-6-5-9-19(20)23-21(25)17-11-13-18(22)14-12-17/h2-14H,15H2,1H3,(H,23,25). The molecule has 3 aromatic rings. The average molecular weight is 398 g/mol. The number of nitrogens with zero attached hydrogens (tertiary/aromatic N) is 1. The zero-order valence-corrected chi connectivity index (χ0v) is 16.0. The predicted molar refractivity (Wildman–Crippen MR) is 106 cm³/mol. The van der Waals surface area contributed by atoms with Gasteiger partial charge in [0.05, 0.1) is 5.69 Å². The highest BCUT2D eigenvalue weighted by Crippen LogP contribution is 2.25. The second-order valence-electron chi connectivity index (χ2n) is 6.20. The van der Waals surface area contributed by atoms with Gasteiger partial charge >= 0.3 is 0 Å². The average Bonchev–Trinajstić information content (AvgIpc) is 2.69. The topological polar surface area (TPSA) is 66.5 Å². The molecular weight excluding hydrogens is 379 g/mol. The van der Waals surface area contributed by atoms with Crippen LogP contribution in [0, 0.1) is 5.82 Å². The van der Waals surface area contributed by atoms with Crippen LogP contribution in [-0.2, 0) is 16.6 Å².